The van der Waals surface area contributed by atoms with E-state index in [0.29, 0.717) is 22.3 Å². The van der Waals surface area contributed by atoms with Gasteiger partial charge in [0.15, 0.2) is 0 Å². The van der Waals surface area contributed by atoms with E-state index in [9.17, 15) is 4.79 Å². The Morgan fingerprint density at radius 2 is 2.18 bits per heavy atom. The van der Waals surface area contributed by atoms with Crippen LogP contribution in [0.5, 0.6) is 0 Å². The zero-order valence-corrected chi connectivity index (χ0v) is 12.7. The average Bonchev–Trinajstić information content (AvgIpc) is 2.27. The Morgan fingerprint density at radius 1 is 1.47 bits per heavy atom. The first-order chi connectivity index (χ1) is 7.99. The van der Waals surface area contributed by atoms with E-state index in [1.54, 1.807) is 18.2 Å². The van der Waals surface area contributed by atoms with Crippen LogP contribution in [-0.2, 0) is 4.79 Å². The second kappa shape index (κ2) is 7.31. The molecule has 17 heavy (non-hydrogen) atoms. The molecule has 0 fully saturated rings. The van der Waals surface area contributed by atoms with Crippen LogP contribution in [-0.4, -0.2) is 18.2 Å². The summed E-state index contributed by atoms with van der Waals surface area (Å²) in [7, 11) is 0. The first kappa shape index (κ1) is 14.9. The standard InChI is InChI=1S/C11H10BrCl2NOS/c1-7(12)5-15-11(16)6-17-10-4-8(13)2-3-9(10)14/h2-4H,1,5-6H2,(H,15,16). The van der Waals surface area contributed by atoms with Crippen LogP contribution in [0.1, 0.15) is 0 Å². The lowest BCUT2D eigenvalue weighted by atomic mass is 10.4. The maximum Gasteiger partial charge on any atom is 0.230 e. The van der Waals surface area contributed by atoms with Crippen LogP contribution in [0.4, 0.5) is 0 Å². The van der Waals surface area contributed by atoms with Crippen molar-refractivity contribution < 1.29 is 4.79 Å². The summed E-state index contributed by atoms with van der Waals surface area (Å²) in [6.45, 7) is 4.05. The summed E-state index contributed by atoms with van der Waals surface area (Å²) >= 11 is 16.3. The van der Waals surface area contributed by atoms with E-state index in [-0.39, 0.29) is 5.91 Å². The fourth-order valence-corrected chi connectivity index (χ4v) is 2.44. The predicted molar refractivity (Wildman–Crippen MR) is 78.3 cm³/mol. The molecule has 2 nitrogen and oxygen atoms in total. The van der Waals surface area contributed by atoms with Gasteiger partial charge in [-0.1, -0.05) is 45.7 Å². The topological polar surface area (TPSA) is 29.1 Å². The molecule has 1 aromatic carbocycles. The molecule has 0 saturated carbocycles. The van der Waals surface area contributed by atoms with E-state index < -0.39 is 0 Å². The van der Waals surface area contributed by atoms with Gasteiger partial charge in [-0.25, -0.2) is 0 Å². The Hall–Kier alpha value is -0.160. The summed E-state index contributed by atoms with van der Waals surface area (Å²) in [4.78, 5) is 12.2. The smallest absolute Gasteiger partial charge is 0.230 e. The third-order valence-electron chi connectivity index (χ3n) is 1.73. The van der Waals surface area contributed by atoms with Crippen molar-refractivity contribution in [1.29, 1.82) is 0 Å². The van der Waals surface area contributed by atoms with Gasteiger partial charge in [0, 0.05) is 20.9 Å². The molecule has 1 N–H and O–H groups in total. The van der Waals surface area contributed by atoms with Gasteiger partial charge < -0.3 is 5.32 Å². The van der Waals surface area contributed by atoms with E-state index >= 15 is 0 Å². The molecule has 0 saturated heterocycles. The number of benzene rings is 1. The number of halogens is 3. The van der Waals surface area contributed by atoms with Crippen molar-refractivity contribution in [3.63, 3.8) is 0 Å². The SMILES string of the molecule is C=C(Br)CNC(=O)CSc1cc(Cl)ccc1Cl. The van der Waals surface area contributed by atoms with E-state index in [1.165, 1.54) is 11.8 Å². The minimum Gasteiger partial charge on any atom is -0.351 e. The predicted octanol–water partition coefficient (Wildman–Crippen LogP) is 4.11. The lowest BCUT2D eigenvalue weighted by Gasteiger charge is -2.05. The van der Waals surface area contributed by atoms with Crippen molar-refractivity contribution >= 4 is 56.8 Å². The maximum atomic E-state index is 11.4. The summed E-state index contributed by atoms with van der Waals surface area (Å²) in [6, 6.07) is 5.17. The fourth-order valence-electron chi connectivity index (χ4n) is 0.977. The number of thioether (sulfide) groups is 1. The highest BCUT2D eigenvalue weighted by Gasteiger charge is 2.06. The Morgan fingerprint density at radius 3 is 2.82 bits per heavy atom. The van der Waals surface area contributed by atoms with Crippen LogP contribution in [0.15, 0.2) is 34.2 Å². The van der Waals surface area contributed by atoms with Gasteiger partial charge in [0.25, 0.3) is 0 Å². The third kappa shape index (κ3) is 5.82. The minimum atomic E-state index is -0.0772. The normalized spacial score (nSPS) is 10.1. The quantitative estimate of drug-likeness (QED) is 0.806. The van der Waals surface area contributed by atoms with Crippen LogP contribution < -0.4 is 5.32 Å². The molecule has 1 rings (SSSR count). The van der Waals surface area contributed by atoms with Crippen LogP contribution in [0.2, 0.25) is 10.0 Å². The Kier molecular flexibility index (Phi) is 6.41. The minimum absolute atomic E-state index is 0.0772. The van der Waals surface area contributed by atoms with Gasteiger partial charge in [-0.05, 0) is 18.2 Å². The van der Waals surface area contributed by atoms with Gasteiger partial charge in [0.1, 0.15) is 0 Å². The van der Waals surface area contributed by atoms with Gasteiger partial charge in [0.2, 0.25) is 5.91 Å². The lowest BCUT2D eigenvalue weighted by molar-refractivity contribution is -0.118. The van der Waals surface area contributed by atoms with Gasteiger partial charge in [-0.15, -0.1) is 11.8 Å². The molecular formula is C11H10BrCl2NOS. The van der Waals surface area contributed by atoms with Crippen molar-refractivity contribution in [2.24, 2.45) is 0 Å². The molecule has 0 spiro atoms. The largest absolute Gasteiger partial charge is 0.351 e. The number of amides is 1. The molecule has 1 aromatic rings. The van der Waals surface area contributed by atoms with E-state index in [4.69, 9.17) is 23.2 Å². The highest BCUT2D eigenvalue weighted by atomic mass is 79.9. The van der Waals surface area contributed by atoms with Crippen molar-refractivity contribution in [3.8, 4) is 0 Å². The Labute approximate surface area is 123 Å². The second-order valence-corrected chi connectivity index (χ2v) is 6.14. The molecule has 0 aliphatic rings. The molecule has 0 radical (unpaired) electrons. The molecular weight excluding hydrogens is 345 g/mol. The summed E-state index contributed by atoms with van der Waals surface area (Å²) in [6.07, 6.45) is 0. The zero-order valence-electron chi connectivity index (χ0n) is 8.80. The summed E-state index contributed by atoms with van der Waals surface area (Å²) in [5, 5.41) is 3.90. The lowest BCUT2D eigenvalue weighted by Crippen LogP contribution is -2.26. The van der Waals surface area contributed by atoms with Crippen molar-refractivity contribution in [3.05, 3.63) is 39.3 Å². The first-order valence-electron chi connectivity index (χ1n) is 4.67. The number of hydrogen-bond donors (Lipinski definition) is 1. The summed E-state index contributed by atoms with van der Waals surface area (Å²) < 4.78 is 0.733. The van der Waals surface area contributed by atoms with E-state index in [2.05, 4.69) is 27.8 Å². The molecule has 0 aliphatic carbocycles. The Balaban J connectivity index is 2.47. The molecule has 0 aliphatic heterocycles. The number of hydrogen-bond acceptors (Lipinski definition) is 2. The zero-order chi connectivity index (χ0) is 12.8. The average molecular weight is 355 g/mol. The monoisotopic (exact) mass is 353 g/mol. The highest BCUT2D eigenvalue weighted by Crippen LogP contribution is 2.29. The molecule has 0 bridgehead atoms. The van der Waals surface area contributed by atoms with Crippen molar-refractivity contribution in [2.45, 2.75) is 4.90 Å². The molecule has 92 valence electrons. The molecule has 6 heteroatoms. The second-order valence-electron chi connectivity index (χ2n) is 3.16. The van der Waals surface area contributed by atoms with Crippen molar-refractivity contribution in [2.75, 3.05) is 12.3 Å². The highest BCUT2D eigenvalue weighted by molar-refractivity contribution is 9.11. The van der Waals surface area contributed by atoms with Gasteiger partial charge in [-0.2, -0.15) is 0 Å². The van der Waals surface area contributed by atoms with Crippen LogP contribution >= 0.6 is 50.9 Å². The molecule has 0 heterocycles. The van der Waals surface area contributed by atoms with Crippen LogP contribution in [0.3, 0.4) is 0 Å². The summed E-state index contributed by atoms with van der Waals surface area (Å²) in [5.74, 6) is 0.215. The number of nitrogens with one attached hydrogen (secondary N) is 1. The third-order valence-corrected chi connectivity index (χ3v) is 3.74. The molecule has 0 atom stereocenters. The molecule has 0 unspecified atom stereocenters. The molecule has 1 amide bonds. The van der Waals surface area contributed by atoms with Crippen LogP contribution in [0.25, 0.3) is 0 Å². The first-order valence-corrected chi connectivity index (χ1v) is 7.20. The van der Waals surface area contributed by atoms with Gasteiger partial charge >= 0.3 is 0 Å². The fraction of sp³-hybridized carbons (Fsp3) is 0.182. The van der Waals surface area contributed by atoms with E-state index in [0.717, 1.165) is 9.38 Å². The molecule has 0 aromatic heterocycles. The number of rotatable bonds is 5. The van der Waals surface area contributed by atoms with Gasteiger partial charge in [-0.3, -0.25) is 4.79 Å². The Bertz CT molecular complexity index is 439. The van der Waals surface area contributed by atoms with E-state index in [1.807, 2.05) is 0 Å². The number of carbonyl (C=O) groups is 1. The maximum absolute atomic E-state index is 11.4. The van der Waals surface area contributed by atoms with Gasteiger partial charge in [0.05, 0.1) is 10.8 Å². The summed E-state index contributed by atoms with van der Waals surface area (Å²) in [5.41, 5.74) is 0. The van der Waals surface area contributed by atoms with Crippen molar-refractivity contribution in [1.82, 2.24) is 5.32 Å². The number of carbonyl (C=O) groups excluding carboxylic acids is 1. The van der Waals surface area contributed by atoms with Crippen LogP contribution in [0, 0.1) is 0 Å².